The number of aliphatic hydroxyl groups excluding tert-OH is 1. The van der Waals surface area contributed by atoms with Gasteiger partial charge in [-0.1, -0.05) is 56.7 Å². The van der Waals surface area contributed by atoms with E-state index < -0.39 is 12.2 Å². The SMILES string of the molecule is C=C(C)/C=C\C(=CC)C(N(CC)CC(CC)CN(CC)C(=O)C1=C/C(=C/CO)CN1)C(F)(F)F. The van der Waals surface area contributed by atoms with E-state index in [2.05, 4.69) is 11.9 Å². The summed E-state index contributed by atoms with van der Waals surface area (Å²) >= 11 is 0. The summed E-state index contributed by atoms with van der Waals surface area (Å²) in [4.78, 5) is 16.1. The van der Waals surface area contributed by atoms with Gasteiger partial charge in [-0.15, -0.1) is 0 Å². The van der Waals surface area contributed by atoms with E-state index in [0.717, 1.165) is 5.57 Å². The third-order valence-electron chi connectivity index (χ3n) is 5.90. The monoisotopic (exact) mass is 483 g/mol. The molecule has 0 radical (unpaired) electrons. The molecule has 34 heavy (non-hydrogen) atoms. The van der Waals surface area contributed by atoms with Crippen molar-refractivity contribution in [2.75, 3.05) is 39.3 Å². The quantitative estimate of drug-likeness (QED) is 0.376. The zero-order valence-electron chi connectivity index (χ0n) is 21.1. The maximum absolute atomic E-state index is 14.2. The zero-order valence-corrected chi connectivity index (χ0v) is 21.1. The van der Waals surface area contributed by atoms with Gasteiger partial charge < -0.3 is 15.3 Å². The molecule has 8 heteroatoms. The Morgan fingerprint density at radius 1 is 1.24 bits per heavy atom. The van der Waals surface area contributed by atoms with Gasteiger partial charge in [-0.25, -0.2) is 0 Å². The Kier molecular flexibility index (Phi) is 12.4. The van der Waals surface area contributed by atoms with E-state index in [-0.39, 0.29) is 37.1 Å². The van der Waals surface area contributed by atoms with Gasteiger partial charge in [-0.3, -0.25) is 9.69 Å². The number of amides is 1. The third kappa shape index (κ3) is 8.80. The summed E-state index contributed by atoms with van der Waals surface area (Å²) in [5.41, 5.74) is 2.14. The number of nitrogens with zero attached hydrogens (tertiary/aromatic N) is 2. The molecule has 0 aromatic heterocycles. The molecular formula is C26H40F3N3O2. The lowest BCUT2D eigenvalue weighted by molar-refractivity contribution is -0.173. The molecular weight excluding hydrogens is 443 g/mol. The van der Waals surface area contributed by atoms with Crippen LogP contribution in [0.15, 0.2) is 59.4 Å². The molecule has 0 aromatic rings. The maximum Gasteiger partial charge on any atom is 0.408 e. The van der Waals surface area contributed by atoms with Crippen molar-refractivity contribution in [3.8, 4) is 0 Å². The van der Waals surface area contributed by atoms with Crippen molar-refractivity contribution >= 4 is 5.91 Å². The molecule has 1 amide bonds. The second kappa shape index (κ2) is 14.2. The Hall–Kier alpha value is -2.32. The molecule has 2 N–H and O–H groups in total. The van der Waals surface area contributed by atoms with Crippen LogP contribution in [0, 0.1) is 5.92 Å². The summed E-state index contributed by atoms with van der Waals surface area (Å²) in [6.07, 6.45) is 4.13. The Morgan fingerprint density at radius 2 is 1.91 bits per heavy atom. The highest BCUT2D eigenvalue weighted by Gasteiger charge is 2.45. The average molecular weight is 484 g/mol. The van der Waals surface area contributed by atoms with Crippen molar-refractivity contribution in [1.29, 1.82) is 0 Å². The minimum Gasteiger partial charge on any atom is -0.392 e. The lowest BCUT2D eigenvalue weighted by Gasteiger charge is -2.36. The van der Waals surface area contributed by atoms with Crippen molar-refractivity contribution < 1.29 is 23.1 Å². The van der Waals surface area contributed by atoms with Gasteiger partial charge >= 0.3 is 6.18 Å². The van der Waals surface area contributed by atoms with Gasteiger partial charge in [0.15, 0.2) is 0 Å². The number of halogens is 3. The first-order valence-corrected chi connectivity index (χ1v) is 11.9. The molecule has 0 fully saturated rings. The number of aliphatic hydroxyl groups is 1. The highest BCUT2D eigenvalue weighted by molar-refractivity contribution is 5.94. The molecule has 2 unspecified atom stereocenters. The van der Waals surface area contributed by atoms with E-state index in [1.54, 1.807) is 43.9 Å². The lowest BCUT2D eigenvalue weighted by Crippen LogP contribution is -2.50. The van der Waals surface area contributed by atoms with E-state index in [1.165, 1.54) is 17.1 Å². The number of likely N-dealkylation sites (N-methyl/N-ethyl adjacent to an activating group) is 2. The minimum absolute atomic E-state index is 0.104. The van der Waals surface area contributed by atoms with Gasteiger partial charge in [0, 0.05) is 26.2 Å². The Labute approximate surface area is 202 Å². The first kappa shape index (κ1) is 29.7. The second-order valence-electron chi connectivity index (χ2n) is 8.49. The van der Waals surface area contributed by atoms with Gasteiger partial charge in [-0.2, -0.15) is 13.2 Å². The van der Waals surface area contributed by atoms with Crippen LogP contribution in [0.25, 0.3) is 0 Å². The number of carbonyl (C=O) groups is 1. The molecule has 1 aliphatic heterocycles. The van der Waals surface area contributed by atoms with Crippen molar-refractivity contribution in [1.82, 2.24) is 15.1 Å². The van der Waals surface area contributed by atoms with E-state index in [9.17, 15) is 18.0 Å². The topological polar surface area (TPSA) is 55.8 Å². The molecule has 0 saturated heterocycles. The fraction of sp³-hybridized carbons (Fsp3) is 0.577. The largest absolute Gasteiger partial charge is 0.408 e. The fourth-order valence-corrected chi connectivity index (χ4v) is 3.96. The van der Waals surface area contributed by atoms with Crippen LogP contribution in [-0.2, 0) is 4.79 Å². The molecule has 192 valence electrons. The molecule has 1 aliphatic rings. The summed E-state index contributed by atoms with van der Waals surface area (Å²) in [6, 6.07) is -1.73. The summed E-state index contributed by atoms with van der Waals surface area (Å²) in [7, 11) is 0. The van der Waals surface area contributed by atoms with Crippen molar-refractivity contribution in [3.05, 3.63) is 59.4 Å². The molecule has 0 aromatic carbocycles. The average Bonchev–Trinajstić information content (AvgIpc) is 3.25. The number of nitrogens with one attached hydrogen (secondary N) is 1. The van der Waals surface area contributed by atoms with E-state index in [4.69, 9.17) is 5.11 Å². The van der Waals surface area contributed by atoms with Crippen molar-refractivity contribution in [2.45, 2.75) is 53.3 Å². The molecule has 0 spiro atoms. The second-order valence-corrected chi connectivity index (χ2v) is 8.49. The Bertz CT molecular complexity index is 813. The summed E-state index contributed by atoms with van der Waals surface area (Å²) in [6.45, 7) is 14.2. The van der Waals surface area contributed by atoms with Gasteiger partial charge in [-0.05, 0) is 50.5 Å². The van der Waals surface area contributed by atoms with Crippen LogP contribution in [0.5, 0.6) is 0 Å². The molecule has 2 atom stereocenters. The standard InChI is InChI=1S/C26H40F3N3O2/c1-7-20(18-32(10-4)25(34)23-15-21(13-14-33)16-30-23)17-31(9-3)24(26(27,28)29)22(8-2)12-11-19(5)6/h8,11-13,15,20,24,30,33H,5,7,9-10,14,16-18H2,1-4,6H3/b12-11-,21-13-,22-8?. The number of allylic oxidation sites excluding steroid dienone is 3. The van der Waals surface area contributed by atoms with Gasteiger partial charge in [0.1, 0.15) is 11.7 Å². The predicted octanol–water partition coefficient (Wildman–Crippen LogP) is 4.60. The lowest BCUT2D eigenvalue weighted by atomic mass is 9.99. The van der Waals surface area contributed by atoms with Crippen LogP contribution in [0.2, 0.25) is 0 Å². The molecule has 0 saturated carbocycles. The van der Waals surface area contributed by atoms with Crippen molar-refractivity contribution in [2.24, 2.45) is 5.92 Å². The van der Waals surface area contributed by atoms with E-state index in [0.29, 0.717) is 37.3 Å². The Morgan fingerprint density at radius 3 is 2.38 bits per heavy atom. The highest BCUT2D eigenvalue weighted by atomic mass is 19.4. The molecule has 5 nitrogen and oxygen atoms in total. The van der Waals surface area contributed by atoms with Crippen LogP contribution >= 0.6 is 0 Å². The number of carbonyl (C=O) groups excluding carboxylic acids is 1. The van der Waals surface area contributed by atoms with Crippen LogP contribution in [0.4, 0.5) is 13.2 Å². The summed E-state index contributed by atoms with van der Waals surface area (Å²) in [5.74, 6) is -0.317. The molecule has 0 aliphatic carbocycles. The highest BCUT2D eigenvalue weighted by Crippen LogP contribution is 2.32. The van der Waals surface area contributed by atoms with Gasteiger partial charge in [0.05, 0.1) is 6.61 Å². The van der Waals surface area contributed by atoms with Gasteiger partial charge in [0.25, 0.3) is 5.91 Å². The van der Waals surface area contributed by atoms with Crippen LogP contribution < -0.4 is 5.32 Å². The normalized spacial score (nSPS) is 17.8. The summed E-state index contributed by atoms with van der Waals surface area (Å²) in [5, 5.41) is 12.1. The Balaban J connectivity index is 3.09. The third-order valence-corrected chi connectivity index (χ3v) is 5.90. The van der Waals surface area contributed by atoms with E-state index in [1.807, 2.05) is 13.8 Å². The van der Waals surface area contributed by atoms with Crippen LogP contribution in [0.1, 0.15) is 41.0 Å². The smallest absolute Gasteiger partial charge is 0.392 e. The maximum atomic E-state index is 14.2. The first-order chi connectivity index (χ1) is 16.0. The number of hydrogen-bond donors (Lipinski definition) is 2. The predicted molar refractivity (Wildman–Crippen MR) is 132 cm³/mol. The van der Waals surface area contributed by atoms with Gasteiger partial charge in [0.2, 0.25) is 0 Å². The summed E-state index contributed by atoms with van der Waals surface area (Å²) < 4.78 is 42.6. The molecule has 1 heterocycles. The number of rotatable bonds is 13. The number of alkyl halides is 3. The van der Waals surface area contributed by atoms with E-state index >= 15 is 0 Å². The molecule has 0 bridgehead atoms. The van der Waals surface area contributed by atoms with Crippen LogP contribution in [-0.4, -0.2) is 72.4 Å². The fourth-order valence-electron chi connectivity index (χ4n) is 3.96. The molecule has 1 rings (SSSR count). The minimum atomic E-state index is -4.44. The van der Waals surface area contributed by atoms with Crippen LogP contribution in [0.3, 0.4) is 0 Å². The zero-order chi connectivity index (χ0) is 25.9. The number of hydrogen-bond acceptors (Lipinski definition) is 4. The van der Waals surface area contributed by atoms with Crippen molar-refractivity contribution in [3.63, 3.8) is 0 Å². The first-order valence-electron chi connectivity index (χ1n) is 11.9.